The number of carbonyl (C=O) groups excluding carboxylic acids is 2. The van der Waals surface area contributed by atoms with E-state index in [1.54, 1.807) is 18.2 Å². The van der Waals surface area contributed by atoms with Gasteiger partial charge in [0.1, 0.15) is 23.1 Å². The Kier molecular flexibility index (Phi) is 6.91. The summed E-state index contributed by atoms with van der Waals surface area (Å²) in [4.78, 5) is 25.0. The Balaban J connectivity index is 1.74. The van der Waals surface area contributed by atoms with Gasteiger partial charge in [-0.3, -0.25) is 19.0 Å². The summed E-state index contributed by atoms with van der Waals surface area (Å²) in [5, 5.41) is 12.7. The smallest absolute Gasteiger partial charge is 0.282 e. The molecule has 32 heavy (non-hydrogen) atoms. The molecule has 1 atom stereocenters. The fourth-order valence-electron chi connectivity index (χ4n) is 3.01. The Morgan fingerprint density at radius 1 is 1.03 bits per heavy atom. The van der Waals surface area contributed by atoms with Crippen molar-refractivity contribution in [1.82, 2.24) is 19.6 Å². The van der Waals surface area contributed by atoms with Crippen molar-refractivity contribution in [2.75, 3.05) is 10.6 Å². The number of nitrogens with zero attached hydrogens (tertiary/aromatic N) is 4. The highest BCUT2D eigenvalue weighted by Crippen LogP contribution is 2.28. The van der Waals surface area contributed by atoms with Crippen molar-refractivity contribution in [3.8, 4) is 0 Å². The van der Waals surface area contributed by atoms with Gasteiger partial charge in [0.2, 0.25) is 5.91 Å². The predicted molar refractivity (Wildman–Crippen MR) is 108 cm³/mol. The van der Waals surface area contributed by atoms with Gasteiger partial charge in [-0.25, -0.2) is 17.6 Å². The molecule has 2 heterocycles. The maximum Gasteiger partial charge on any atom is 0.282 e. The highest BCUT2D eigenvalue weighted by atomic mass is 19.3. The summed E-state index contributed by atoms with van der Waals surface area (Å²) in [7, 11) is 0. The van der Waals surface area contributed by atoms with Gasteiger partial charge in [0, 0.05) is 24.1 Å². The maximum atomic E-state index is 13.2. The molecular weight excluding hydrogens is 432 g/mol. The third kappa shape index (κ3) is 4.95. The quantitative estimate of drug-likeness (QED) is 0.495. The van der Waals surface area contributed by atoms with E-state index in [1.807, 2.05) is 6.92 Å². The molecule has 0 saturated carbocycles. The zero-order valence-corrected chi connectivity index (χ0v) is 17.1. The molecule has 0 bridgehead atoms. The molecule has 0 spiro atoms. The Morgan fingerprint density at radius 2 is 1.72 bits per heavy atom. The molecule has 3 aromatic rings. The van der Waals surface area contributed by atoms with Crippen molar-refractivity contribution >= 4 is 23.2 Å². The van der Waals surface area contributed by atoms with Crippen LogP contribution in [0.3, 0.4) is 0 Å². The fraction of sp³-hybridized carbons (Fsp3) is 0.300. The highest BCUT2D eigenvalue weighted by Gasteiger charge is 2.27. The van der Waals surface area contributed by atoms with E-state index in [1.165, 1.54) is 29.9 Å². The standard InChI is InChI=1S/C20H20F4N6O2/c1-3-29-15(7-8-25-29)20(32)27-13-6-4-5-12(9-13)26-19(31)11(2)30-16(18(23)24)10-14(28-30)17(21)22/h4-11,17-18H,3H2,1-2H3,(H,26,31)(H,27,32). The lowest BCUT2D eigenvalue weighted by Crippen LogP contribution is -2.26. The molecule has 1 aromatic carbocycles. The minimum absolute atomic E-state index is 0.267. The molecule has 0 radical (unpaired) electrons. The summed E-state index contributed by atoms with van der Waals surface area (Å²) >= 11 is 0. The first-order chi connectivity index (χ1) is 15.2. The van der Waals surface area contributed by atoms with Crippen molar-refractivity contribution < 1.29 is 27.2 Å². The van der Waals surface area contributed by atoms with E-state index in [9.17, 15) is 27.2 Å². The molecule has 170 valence electrons. The molecule has 2 N–H and O–H groups in total. The molecule has 8 nitrogen and oxygen atoms in total. The van der Waals surface area contributed by atoms with Crippen LogP contribution in [0.15, 0.2) is 42.6 Å². The number of rotatable bonds is 8. The van der Waals surface area contributed by atoms with Crippen LogP contribution >= 0.6 is 0 Å². The summed E-state index contributed by atoms with van der Waals surface area (Å²) < 4.78 is 54.3. The van der Waals surface area contributed by atoms with Crippen LogP contribution in [-0.4, -0.2) is 31.4 Å². The van der Waals surface area contributed by atoms with Gasteiger partial charge >= 0.3 is 0 Å². The molecule has 2 amide bonds. The number of hydrogen-bond acceptors (Lipinski definition) is 4. The third-order valence-corrected chi connectivity index (χ3v) is 4.61. The minimum atomic E-state index is -3.08. The van der Waals surface area contributed by atoms with E-state index >= 15 is 0 Å². The molecule has 0 aliphatic heterocycles. The molecule has 0 fully saturated rings. The third-order valence-electron chi connectivity index (χ3n) is 4.61. The zero-order chi connectivity index (χ0) is 23.4. The van der Waals surface area contributed by atoms with Crippen molar-refractivity contribution in [2.45, 2.75) is 39.3 Å². The van der Waals surface area contributed by atoms with Gasteiger partial charge in [-0.2, -0.15) is 10.2 Å². The van der Waals surface area contributed by atoms with Gasteiger partial charge in [0.05, 0.1) is 0 Å². The normalized spacial score (nSPS) is 12.2. The summed E-state index contributed by atoms with van der Waals surface area (Å²) in [6.45, 7) is 3.61. The molecule has 0 saturated heterocycles. The van der Waals surface area contributed by atoms with E-state index in [0.717, 1.165) is 0 Å². The topological polar surface area (TPSA) is 93.8 Å². The Morgan fingerprint density at radius 3 is 2.34 bits per heavy atom. The lowest BCUT2D eigenvalue weighted by molar-refractivity contribution is -0.119. The van der Waals surface area contributed by atoms with Crippen molar-refractivity contribution in [3.05, 3.63) is 59.7 Å². The van der Waals surface area contributed by atoms with Crippen LogP contribution in [0, 0.1) is 0 Å². The SMILES string of the molecule is CCn1nccc1C(=O)Nc1cccc(NC(=O)C(C)n2nc(C(F)F)cc2C(F)F)c1. The summed E-state index contributed by atoms with van der Waals surface area (Å²) in [6.07, 6.45) is -4.63. The average molecular weight is 452 g/mol. The first-order valence-corrected chi connectivity index (χ1v) is 9.61. The molecule has 2 aromatic heterocycles. The number of benzene rings is 1. The van der Waals surface area contributed by atoms with E-state index in [0.29, 0.717) is 28.7 Å². The average Bonchev–Trinajstić information content (AvgIpc) is 3.40. The predicted octanol–water partition coefficient (Wildman–Crippen LogP) is 4.43. The lowest BCUT2D eigenvalue weighted by Gasteiger charge is -2.16. The number of anilines is 2. The van der Waals surface area contributed by atoms with E-state index in [4.69, 9.17) is 0 Å². The van der Waals surface area contributed by atoms with Crippen LogP contribution in [0.25, 0.3) is 0 Å². The first-order valence-electron chi connectivity index (χ1n) is 9.61. The van der Waals surface area contributed by atoms with E-state index in [2.05, 4.69) is 20.8 Å². The number of aryl methyl sites for hydroxylation is 1. The second kappa shape index (κ2) is 9.62. The van der Waals surface area contributed by atoms with Crippen molar-refractivity contribution in [3.63, 3.8) is 0 Å². The Bertz CT molecular complexity index is 1110. The van der Waals surface area contributed by atoms with Gasteiger partial charge in [0.25, 0.3) is 18.8 Å². The fourth-order valence-corrected chi connectivity index (χ4v) is 3.01. The number of carbonyl (C=O) groups is 2. The van der Waals surface area contributed by atoms with Crippen LogP contribution < -0.4 is 10.6 Å². The monoisotopic (exact) mass is 452 g/mol. The number of amides is 2. The van der Waals surface area contributed by atoms with Crippen LogP contribution in [0.5, 0.6) is 0 Å². The molecule has 1 unspecified atom stereocenters. The molecule has 0 aliphatic carbocycles. The minimum Gasteiger partial charge on any atom is -0.324 e. The van der Waals surface area contributed by atoms with Crippen LogP contribution in [0.1, 0.15) is 54.6 Å². The Hall–Kier alpha value is -3.70. The summed E-state index contributed by atoms with van der Waals surface area (Å²) in [5.74, 6) is -1.15. The number of alkyl halides is 4. The maximum absolute atomic E-state index is 13.2. The molecule has 12 heteroatoms. The van der Waals surface area contributed by atoms with Crippen molar-refractivity contribution in [1.29, 1.82) is 0 Å². The Labute approximate surface area is 180 Å². The van der Waals surface area contributed by atoms with Crippen LogP contribution in [-0.2, 0) is 11.3 Å². The second-order valence-corrected chi connectivity index (χ2v) is 6.77. The second-order valence-electron chi connectivity index (χ2n) is 6.77. The van der Waals surface area contributed by atoms with Crippen LogP contribution in [0.2, 0.25) is 0 Å². The van der Waals surface area contributed by atoms with E-state index < -0.39 is 42.1 Å². The van der Waals surface area contributed by atoms with Crippen molar-refractivity contribution in [2.24, 2.45) is 0 Å². The number of hydrogen-bond donors (Lipinski definition) is 2. The van der Waals surface area contributed by atoms with E-state index in [-0.39, 0.29) is 5.69 Å². The lowest BCUT2D eigenvalue weighted by atomic mass is 10.2. The largest absolute Gasteiger partial charge is 0.324 e. The highest BCUT2D eigenvalue weighted by molar-refractivity contribution is 6.03. The van der Waals surface area contributed by atoms with Gasteiger partial charge in [-0.05, 0) is 44.2 Å². The van der Waals surface area contributed by atoms with Gasteiger partial charge in [0.15, 0.2) is 0 Å². The number of aromatic nitrogens is 4. The zero-order valence-electron chi connectivity index (χ0n) is 17.1. The number of halogens is 4. The van der Waals surface area contributed by atoms with Crippen LogP contribution in [0.4, 0.5) is 28.9 Å². The molecule has 0 aliphatic rings. The first kappa shape index (κ1) is 23.0. The summed E-state index contributed by atoms with van der Waals surface area (Å²) in [5.41, 5.74) is -0.628. The van der Waals surface area contributed by atoms with Gasteiger partial charge in [-0.1, -0.05) is 6.07 Å². The molecule has 3 rings (SSSR count). The molecular formula is C20H20F4N6O2. The number of nitrogens with one attached hydrogen (secondary N) is 2. The summed E-state index contributed by atoms with van der Waals surface area (Å²) in [6, 6.07) is 7.01. The van der Waals surface area contributed by atoms with Gasteiger partial charge < -0.3 is 10.6 Å². The van der Waals surface area contributed by atoms with Gasteiger partial charge in [-0.15, -0.1) is 0 Å².